The summed E-state index contributed by atoms with van der Waals surface area (Å²) in [7, 11) is 0. The average Bonchev–Trinajstić information content (AvgIpc) is 2.68. The van der Waals surface area contributed by atoms with Crippen LogP contribution in [0, 0.1) is 11.3 Å². The molecule has 19 heavy (non-hydrogen) atoms. The minimum absolute atomic E-state index is 0.0828. The maximum Gasteiger partial charge on any atom is 0.238 e. The van der Waals surface area contributed by atoms with Crippen molar-refractivity contribution in [1.29, 1.82) is 5.26 Å². The molecule has 0 saturated heterocycles. The lowest BCUT2D eigenvalue weighted by Gasteiger charge is -2.02. The van der Waals surface area contributed by atoms with Crippen LogP contribution in [0.15, 0.2) is 27.1 Å². The van der Waals surface area contributed by atoms with Gasteiger partial charge in [0.25, 0.3) is 0 Å². The Balaban J connectivity index is 2.57. The largest absolute Gasteiger partial charge is 0.451 e. The zero-order valence-corrected chi connectivity index (χ0v) is 11.6. The van der Waals surface area contributed by atoms with Gasteiger partial charge in [-0.3, -0.25) is 9.59 Å². The van der Waals surface area contributed by atoms with E-state index < -0.39 is 5.91 Å². The van der Waals surface area contributed by atoms with Crippen molar-refractivity contribution in [2.24, 2.45) is 0 Å². The molecule has 0 spiro atoms. The Morgan fingerprint density at radius 3 is 2.84 bits per heavy atom. The number of nitriles is 1. The van der Waals surface area contributed by atoms with Gasteiger partial charge < -0.3 is 9.73 Å². The van der Waals surface area contributed by atoms with E-state index in [9.17, 15) is 9.59 Å². The highest BCUT2D eigenvalue weighted by Crippen LogP contribution is 2.33. The van der Waals surface area contributed by atoms with Crippen LogP contribution in [0.2, 0.25) is 0 Å². The summed E-state index contributed by atoms with van der Waals surface area (Å²) in [5, 5.41) is 11.7. The first kappa shape index (κ1) is 13.3. The van der Waals surface area contributed by atoms with E-state index in [0.29, 0.717) is 16.7 Å². The second kappa shape index (κ2) is 5.24. The van der Waals surface area contributed by atoms with Crippen molar-refractivity contribution >= 4 is 44.3 Å². The zero-order valence-electron chi connectivity index (χ0n) is 9.99. The topological polar surface area (TPSA) is 83.1 Å². The number of rotatable bonds is 3. The Kier molecular flexibility index (Phi) is 3.67. The number of anilines is 1. The Bertz CT molecular complexity index is 712. The van der Waals surface area contributed by atoms with Crippen molar-refractivity contribution in [3.63, 3.8) is 0 Å². The minimum Gasteiger partial charge on any atom is -0.451 e. The Hall–Kier alpha value is -2.13. The minimum atomic E-state index is -0.479. The summed E-state index contributed by atoms with van der Waals surface area (Å²) in [4.78, 5) is 23.1. The number of amides is 1. The van der Waals surface area contributed by atoms with Crippen LogP contribution in [-0.2, 0) is 4.79 Å². The number of hydrogen-bond donors (Lipinski definition) is 1. The van der Waals surface area contributed by atoms with Gasteiger partial charge in [0.05, 0.1) is 11.8 Å². The molecule has 96 valence electrons. The predicted octanol–water partition coefficient (Wildman–Crippen LogP) is 3.25. The van der Waals surface area contributed by atoms with Gasteiger partial charge >= 0.3 is 0 Å². The van der Waals surface area contributed by atoms with E-state index in [1.165, 1.54) is 6.92 Å². The molecule has 0 aliphatic rings. The van der Waals surface area contributed by atoms with Crippen LogP contribution in [0.3, 0.4) is 0 Å². The molecule has 2 rings (SSSR count). The molecule has 0 fully saturated rings. The van der Waals surface area contributed by atoms with E-state index in [2.05, 4.69) is 21.2 Å². The monoisotopic (exact) mass is 320 g/mol. The first-order valence-corrected chi connectivity index (χ1v) is 6.22. The maximum atomic E-state index is 11.5. The molecule has 1 N–H and O–H groups in total. The molecule has 0 aliphatic carbocycles. The van der Waals surface area contributed by atoms with Gasteiger partial charge in [-0.2, -0.15) is 5.26 Å². The van der Waals surface area contributed by atoms with Gasteiger partial charge in [-0.25, -0.2) is 0 Å². The fraction of sp³-hybridized carbons (Fsp3) is 0.154. The Morgan fingerprint density at radius 1 is 1.47 bits per heavy atom. The third kappa shape index (κ3) is 2.66. The third-order valence-electron chi connectivity index (χ3n) is 2.47. The molecular formula is C13H9BrN2O3. The van der Waals surface area contributed by atoms with Crippen LogP contribution in [0.5, 0.6) is 0 Å². The summed E-state index contributed by atoms with van der Waals surface area (Å²) in [5.74, 6) is -0.688. The van der Waals surface area contributed by atoms with Gasteiger partial charge in [-0.1, -0.05) is 15.9 Å². The van der Waals surface area contributed by atoms with Crippen LogP contribution in [0.1, 0.15) is 23.9 Å². The number of carbonyl (C=O) groups excluding carboxylic acids is 2. The summed E-state index contributed by atoms with van der Waals surface area (Å²) in [6.45, 7) is 1.35. The highest BCUT2D eigenvalue weighted by molar-refractivity contribution is 9.10. The molecular weight excluding hydrogens is 312 g/mol. The lowest BCUT2D eigenvalue weighted by molar-refractivity contribution is -0.115. The van der Waals surface area contributed by atoms with Gasteiger partial charge in [0.15, 0.2) is 11.5 Å². The van der Waals surface area contributed by atoms with Gasteiger partial charge in [0.2, 0.25) is 5.91 Å². The number of nitrogens with zero attached hydrogens (tertiary/aromatic N) is 1. The Morgan fingerprint density at radius 2 is 2.21 bits per heavy atom. The fourth-order valence-electron chi connectivity index (χ4n) is 1.70. The number of hydrogen-bond acceptors (Lipinski definition) is 4. The fourth-order valence-corrected chi connectivity index (χ4v) is 2.06. The number of ketones is 1. The lowest BCUT2D eigenvalue weighted by Crippen LogP contribution is -2.12. The normalized spacial score (nSPS) is 10.2. The molecule has 1 heterocycles. The molecule has 0 saturated carbocycles. The SMILES string of the molecule is CC(=O)c1oc2ccc(Br)cc2c1NC(=O)CC#N. The van der Waals surface area contributed by atoms with E-state index in [1.807, 2.05) is 0 Å². The van der Waals surface area contributed by atoms with E-state index in [-0.39, 0.29) is 18.0 Å². The first-order chi connectivity index (χ1) is 9.02. The quantitative estimate of drug-likeness (QED) is 0.880. The number of halogens is 1. The average molecular weight is 321 g/mol. The molecule has 1 amide bonds. The van der Waals surface area contributed by atoms with Gasteiger partial charge in [-0.15, -0.1) is 0 Å². The zero-order chi connectivity index (χ0) is 14.0. The summed E-state index contributed by atoms with van der Waals surface area (Å²) < 4.78 is 6.22. The number of carbonyl (C=O) groups is 2. The molecule has 1 aromatic carbocycles. The summed E-state index contributed by atoms with van der Waals surface area (Å²) >= 11 is 3.32. The molecule has 2 aromatic rings. The summed E-state index contributed by atoms with van der Waals surface area (Å²) in [6, 6.07) is 6.97. The van der Waals surface area contributed by atoms with Gasteiger partial charge in [-0.05, 0) is 18.2 Å². The highest BCUT2D eigenvalue weighted by Gasteiger charge is 2.19. The van der Waals surface area contributed by atoms with Crippen LogP contribution in [0.4, 0.5) is 5.69 Å². The van der Waals surface area contributed by atoms with Crippen molar-refractivity contribution in [2.75, 3.05) is 5.32 Å². The number of benzene rings is 1. The number of nitrogens with one attached hydrogen (secondary N) is 1. The maximum absolute atomic E-state index is 11.5. The molecule has 0 unspecified atom stereocenters. The number of fused-ring (bicyclic) bond motifs is 1. The van der Waals surface area contributed by atoms with Gasteiger partial charge in [0, 0.05) is 16.8 Å². The number of Topliss-reactive ketones (excluding diaryl/α,β-unsaturated/α-hetero) is 1. The molecule has 1 aromatic heterocycles. The molecule has 0 bridgehead atoms. The van der Waals surface area contributed by atoms with Crippen molar-refractivity contribution in [3.05, 3.63) is 28.4 Å². The van der Waals surface area contributed by atoms with Crippen LogP contribution in [-0.4, -0.2) is 11.7 Å². The molecule has 5 nitrogen and oxygen atoms in total. The highest BCUT2D eigenvalue weighted by atomic mass is 79.9. The lowest BCUT2D eigenvalue weighted by atomic mass is 10.2. The second-order valence-corrected chi connectivity index (χ2v) is 4.80. The predicted molar refractivity (Wildman–Crippen MR) is 72.8 cm³/mol. The first-order valence-electron chi connectivity index (χ1n) is 5.42. The van der Waals surface area contributed by atoms with E-state index in [0.717, 1.165) is 4.47 Å². The van der Waals surface area contributed by atoms with Crippen molar-refractivity contribution < 1.29 is 14.0 Å². The van der Waals surface area contributed by atoms with Gasteiger partial charge in [0.1, 0.15) is 12.0 Å². The summed E-state index contributed by atoms with van der Waals surface area (Å²) in [5.41, 5.74) is 0.810. The van der Waals surface area contributed by atoms with Crippen molar-refractivity contribution in [3.8, 4) is 6.07 Å². The van der Waals surface area contributed by atoms with E-state index in [4.69, 9.17) is 9.68 Å². The van der Waals surface area contributed by atoms with Crippen LogP contribution < -0.4 is 5.32 Å². The molecule has 0 aliphatic heterocycles. The van der Waals surface area contributed by atoms with Crippen molar-refractivity contribution in [1.82, 2.24) is 0 Å². The number of furan rings is 1. The molecule has 6 heteroatoms. The Labute approximate surface area is 117 Å². The van der Waals surface area contributed by atoms with E-state index >= 15 is 0 Å². The molecule has 0 atom stereocenters. The van der Waals surface area contributed by atoms with Crippen LogP contribution in [0.25, 0.3) is 11.0 Å². The van der Waals surface area contributed by atoms with Crippen LogP contribution >= 0.6 is 15.9 Å². The van der Waals surface area contributed by atoms with Crippen molar-refractivity contribution in [2.45, 2.75) is 13.3 Å². The third-order valence-corrected chi connectivity index (χ3v) is 2.97. The summed E-state index contributed by atoms with van der Waals surface area (Å²) in [6.07, 6.45) is -0.280. The molecule has 0 radical (unpaired) electrons. The smallest absolute Gasteiger partial charge is 0.238 e. The standard InChI is InChI=1S/C13H9BrN2O3/c1-7(17)13-12(16-11(18)4-5-15)9-6-8(14)2-3-10(9)19-13/h2-3,6H,4H2,1H3,(H,16,18). The van der Waals surface area contributed by atoms with E-state index in [1.54, 1.807) is 24.3 Å². The second-order valence-electron chi connectivity index (χ2n) is 3.89.